The van der Waals surface area contributed by atoms with Gasteiger partial charge in [-0.2, -0.15) is 0 Å². The van der Waals surface area contributed by atoms with Crippen LogP contribution in [0.15, 0.2) is 224 Å². The topological polar surface area (TPSA) is 12.9 Å². The molecule has 2 aliphatic rings. The van der Waals surface area contributed by atoms with Gasteiger partial charge in [-0.05, 0) is 88.1 Å². The van der Waals surface area contributed by atoms with Crippen molar-refractivity contribution in [1.29, 1.82) is 0 Å². The molecule has 0 aliphatic heterocycles. The molecule has 1 spiro atoms. The minimum atomic E-state index is -0.442. The van der Waals surface area contributed by atoms with Crippen LogP contribution < -0.4 is 0 Å². The summed E-state index contributed by atoms with van der Waals surface area (Å²) in [7, 11) is 0. The summed E-state index contributed by atoms with van der Waals surface area (Å²) in [5.41, 5.74) is 19.2. The Kier molecular flexibility index (Phi) is 7.29. The molecule has 61 heavy (non-hydrogen) atoms. The third kappa shape index (κ3) is 4.75. The van der Waals surface area contributed by atoms with E-state index in [-0.39, 0.29) is 0 Å². The molecule has 282 valence electrons. The van der Waals surface area contributed by atoms with Gasteiger partial charge >= 0.3 is 0 Å². The molecule has 0 saturated carbocycles. The predicted molar refractivity (Wildman–Crippen MR) is 255 cm³/mol. The average Bonchev–Trinajstić information content (AvgIpc) is 3.81. The van der Waals surface area contributed by atoms with Crippen LogP contribution in [0.1, 0.15) is 22.3 Å². The summed E-state index contributed by atoms with van der Waals surface area (Å²) in [5.74, 6) is 0. The van der Waals surface area contributed by atoms with Crippen molar-refractivity contribution >= 4 is 32.3 Å². The molecule has 10 aromatic carbocycles. The number of fused-ring (bicyclic) bond motifs is 14. The van der Waals surface area contributed by atoms with Gasteiger partial charge in [0, 0.05) is 22.1 Å². The van der Waals surface area contributed by atoms with Crippen LogP contribution in [0.4, 0.5) is 0 Å². The Labute approximate surface area is 354 Å². The highest BCUT2D eigenvalue weighted by Gasteiger charge is 2.53. The predicted octanol–water partition coefficient (Wildman–Crippen LogP) is 15.6. The highest BCUT2D eigenvalue weighted by Crippen LogP contribution is 2.64. The van der Waals surface area contributed by atoms with E-state index in [0.717, 1.165) is 17.0 Å². The zero-order chi connectivity index (χ0) is 40.1. The van der Waals surface area contributed by atoms with Crippen molar-refractivity contribution in [1.82, 2.24) is 4.98 Å². The summed E-state index contributed by atoms with van der Waals surface area (Å²) in [4.78, 5) is 5.68. The van der Waals surface area contributed by atoms with Crippen molar-refractivity contribution < 1.29 is 0 Å². The Balaban J connectivity index is 0.926. The van der Waals surface area contributed by atoms with E-state index in [0.29, 0.717) is 0 Å². The number of pyridine rings is 1. The molecule has 2 aliphatic carbocycles. The molecule has 0 saturated heterocycles. The number of benzene rings is 10. The maximum Gasteiger partial charge on any atom is 0.0788 e. The summed E-state index contributed by atoms with van der Waals surface area (Å²) in [6, 6.07) is 82.5. The fourth-order valence-electron chi connectivity index (χ4n) is 11.0. The summed E-state index contributed by atoms with van der Waals surface area (Å²) in [5, 5.41) is 7.49. The van der Waals surface area contributed by atoms with Gasteiger partial charge in [-0.25, -0.2) is 4.98 Å². The Morgan fingerprint density at radius 2 is 0.607 bits per heavy atom. The van der Waals surface area contributed by atoms with Crippen LogP contribution in [0.2, 0.25) is 0 Å². The summed E-state index contributed by atoms with van der Waals surface area (Å²) < 4.78 is 0. The molecular weight excluding hydrogens is 735 g/mol. The van der Waals surface area contributed by atoms with E-state index < -0.39 is 5.41 Å². The van der Waals surface area contributed by atoms with Crippen molar-refractivity contribution in [3.63, 3.8) is 0 Å². The fourth-order valence-corrected chi connectivity index (χ4v) is 11.0. The summed E-state index contributed by atoms with van der Waals surface area (Å²) in [6.45, 7) is 0. The average molecular weight is 772 g/mol. The number of hydrogen-bond acceptors (Lipinski definition) is 1. The first-order chi connectivity index (χ1) is 30.3. The quantitative estimate of drug-likeness (QED) is 0.162. The number of aromatic nitrogens is 1. The molecule has 13 rings (SSSR count). The second kappa shape index (κ2) is 13.1. The Morgan fingerprint density at radius 3 is 1.13 bits per heavy atom. The third-order valence-corrected chi connectivity index (χ3v) is 13.5. The molecule has 0 atom stereocenters. The summed E-state index contributed by atoms with van der Waals surface area (Å²) >= 11 is 0. The zero-order valence-corrected chi connectivity index (χ0v) is 33.3. The minimum absolute atomic E-state index is 0.442. The van der Waals surface area contributed by atoms with Crippen LogP contribution in [0.5, 0.6) is 0 Å². The molecule has 1 aromatic heterocycles. The second-order valence-electron chi connectivity index (χ2n) is 16.5. The molecule has 1 nitrogen and oxygen atoms in total. The Bertz CT molecular complexity index is 3460. The molecule has 0 fully saturated rings. The lowest BCUT2D eigenvalue weighted by atomic mass is 9.69. The van der Waals surface area contributed by atoms with Crippen LogP contribution in [-0.4, -0.2) is 4.98 Å². The van der Waals surface area contributed by atoms with Gasteiger partial charge in [-0.15, -0.1) is 0 Å². The first-order valence-corrected chi connectivity index (χ1v) is 21.2. The zero-order valence-electron chi connectivity index (χ0n) is 33.3. The molecular formula is C60H37N. The van der Waals surface area contributed by atoms with E-state index in [2.05, 4.69) is 224 Å². The van der Waals surface area contributed by atoms with Gasteiger partial charge < -0.3 is 0 Å². The van der Waals surface area contributed by atoms with Crippen molar-refractivity contribution in [3.8, 4) is 67.0 Å². The van der Waals surface area contributed by atoms with Crippen molar-refractivity contribution in [3.05, 3.63) is 247 Å². The van der Waals surface area contributed by atoms with Gasteiger partial charge in [0.15, 0.2) is 0 Å². The largest absolute Gasteiger partial charge is 0.247 e. The molecule has 0 bridgehead atoms. The molecule has 0 unspecified atom stereocenters. The Morgan fingerprint density at radius 1 is 0.246 bits per heavy atom. The molecule has 1 heterocycles. The molecule has 0 amide bonds. The van der Waals surface area contributed by atoms with Crippen LogP contribution in [0, 0.1) is 0 Å². The lowest BCUT2D eigenvalue weighted by molar-refractivity contribution is 0.799. The van der Waals surface area contributed by atoms with Crippen LogP contribution in [0.3, 0.4) is 0 Å². The highest BCUT2D eigenvalue weighted by atomic mass is 14.8. The van der Waals surface area contributed by atoms with E-state index in [1.54, 1.807) is 0 Å². The van der Waals surface area contributed by atoms with Crippen molar-refractivity contribution in [2.75, 3.05) is 0 Å². The van der Waals surface area contributed by atoms with Crippen LogP contribution in [-0.2, 0) is 5.41 Å². The number of nitrogens with zero attached hydrogens (tertiary/aromatic N) is 1. The van der Waals surface area contributed by atoms with Gasteiger partial charge in [-0.1, -0.05) is 224 Å². The lowest BCUT2D eigenvalue weighted by Crippen LogP contribution is -2.26. The third-order valence-electron chi connectivity index (χ3n) is 13.5. The monoisotopic (exact) mass is 771 g/mol. The smallest absolute Gasteiger partial charge is 0.0788 e. The van der Waals surface area contributed by atoms with Gasteiger partial charge in [0.25, 0.3) is 0 Å². The number of rotatable bonds is 4. The second-order valence-corrected chi connectivity index (χ2v) is 16.5. The molecule has 11 aromatic rings. The van der Waals surface area contributed by atoms with Crippen molar-refractivity contribution in [2.45, 2.75) is 5.41 Å². The standard InChI is InChI=1S/C60H37N/c1-2-16-40(17-3-1)55-45-20-4-6-22-47(45)56(48-23-7-5-21-46(48)55)41-34-30-38(31-35-41)39-32-36-42(37-33-39)58-50-25-9-8-24-49(50)57-59(61-58)51-26-12-15-29-54(51)60(57)52-27-13-10-18-43(52)44-19-11-14-28-53(44)60/h1-37H. The van der Waals surface area contributed by atoms with Crippen molar-refractivity contribution in [2.24, 2.45) is 0 Å². The maximum absolute atomic E-state index is 5.68. The first-order valence-electron chi connectivity index (χ1n) is 21.2. The minimum Gasteiger partial charge on any atom is -0.247 e. The van der Waals surface area contributed by atoms with E-state index in [1.807, 2.05) is 0 Å². The van der Waals surface area contributed by atoms with Gasteiger partial charge in [0.1, 0.15) is 0 Å². The van der Waals surface area contributed by atoms with E-state index >= 15 is 0 Å². The van der Waals surface area contributed by atoms with Crippen LogP contribution in [0.25, 0.3) is 99.3 Å². The van der Waals surface area contributed by atoms with Crippen LogP contribution >= 0.6 is 0 Å². The maximum atomic E-state index is 5.68. The fraction of sp³-hybridized carbons (Fsp3) is 0.0167. The van der Waals surface area contributed by atoms with E-state index in [1.165, 1.54) is 105 Å². The van der Waals surface area contributed by atoms with E-state index in [9.17, 15) is 0 Å². The normalized spacial score (nSPS) is 13.0. The lowest BCUT2D eigenvalue weighted by Gasteiger charge is -2.31. The van der Waals surface area contributed by atoms with E-state index in [4.69, 9.17) is 4.98 Å². The highest BCUT2D eigenvalue weighted by molar-refractivity contribution is 6.21. The molecule has 1 heteroatoms. The van der Waals surface area contributed by atoms with Gasteiger partial charge in [-0.3, -0.25) is 0 Å². The SMILES string of the molecule is c1ccc(-c2c3ccccc3c(-c3ccc(-c4ccc(-c5nc6c(c7ccccc57)C5(c7ccccc7-c7ccccc75)c5ccccc5-6)cc4)cc3)c3ccccc23)cc1. The Hall–Kier alpha value is -7.87. The first kappa shape index (κ1) is 34.0. The summed E-state index contributed by atoms with van der Waals surface area (Å²) in [6.07, 6.45) is 0. The molecule has 0 N–H and O–H groups in total. The molecule has 0 radical (unpaired) electrons. The van der Waals surface area contributed by atoms with Gasteiger partial charge in [0.05, 0.1) is 16.8 Å². The van der Waals surface area contributed by atoms with Gasteiger partial charge in [0.2, 0.25) is 0 Å². The number of hydrogen-bond donors (Lipinski definition) is 0.